The van der Waals surface area contributed by atoms with Gasteiger partial charge >= 0.3 is 5.97 Å². The maximum atomic E-state index is 11.7. The first kappa shape index (κ1) is 17.3. The van der Waals surface area contributed by atoms with Crippen LogP contribution in [0.25, 0.3) is 6.08 Å². The van der Waals surface area contributed by atoms with Crippen LogP contribution in [0.2, 0.25) is 0 Å². The Morgan fingerprint density at radius 3 is 2.52 bits per heavy atom. The zero-order valence-corrected chi connectivity index (χ0v) is 13.2. The van der Waals surface area contributed by atoms with Crippen molar-refractivity contribution in [3.8, 4) is 0 Å². The summed E-state index contributed by atoms with van der Waals surface area (Å²) in [5.41, 5.74) is 2.15. The lowest BCUT2D eigenvalue weighted by Crippen LogP contribution is -2.40. The number of carbonyl (C=O) groups is 2. The summed E-state index contributed by atoms with van der Waals surface area (Å²) in [5.74, 6) is -0.694. The van der Waals surface area contributed by atoms with Gasteiger partial charge in [-0.25, -0.2) is 4.79 Å². The zero-order valence-electron chi connectivity index (χ0n) is 12.3. The molecule has 5 heteroatoms. The number of carboxylic acid groups (broad SMARTS) is 1. The molecular weight excluding hydrogens is 286 g/mol. The molecule has 1 aromatic rings. The van der Waals surface area contributed by atoms with Crippen LogP contribution in [0.5, 0.6) is 0 Å². The zero-order chi connectivity index (χ0) is 15.7. The molecule has 114 valence electrons. The number of hydrogen-bond acceptors (Lipinski definition) is 3. The van der Waals surface area contributed by atoms with Crippen LogP contribution in [0.1, 0.15) is 24.5 Å². The van der Waals surface area contributed by atoms with Crippen LogP contribution in [0.15, 0.2) is 30.3 Å². The molecule has 0 saturated heterocycles. The second-order valence-corrected chi connectivity index (χ2v) is 5.59. The molecule has 0 spiro atoms. The van der Waals surface area contributed by atoms with E-state index in [0.717, 1.165) is 12.0 Å². The van der Waals surface area contributed by atoms with Gasteiger partial charge in [-0.05, 0) is 42.1 Å². The van der Waals surface area contributed by atoms with Gasteiger partial charge in [-0.2, -0.15) is 11.8 Å². The molecule has 1 atom stereocenters. The molecule has 1 aromatic carbocycles. The SMILES string of the molecule is CCc1ccc(/C=C/C(=O)N[C@H](CCSC)C(=O)O)cc1. The third-order valence-corrected chi connectivity index (χ3v) is 3.68. The van der Waals surface area contributed by atoms with Crippen molar-refractivity contribution in [3.63, 3.8) is 0 Å². The molecule has 21 heavy (non-hydrogen) atoms. The highest BCUT2D eigenvalue weighted by Gasteiger charge is 2.17. The summed E-state index contributed by atoms with van der Waals surface area (Å²) in [7, 11) is 0. The summed E-state index contributed by atoms with van der Waals surface area (Å²) >= 11 is 1.56. The number of rotatable bonds is 8. The fraction of sp³-hybridized carbons (Fsp3) is 0.375. The topological polar surface area (TPSA) is 66.4 Å². The first-order valence-corrected chi connectivity index (χ1v) is 8.25. The van der Waals surface area contributed by atoms with E-state index in [9.17, 15) is 9.59 Å². The summed E-state index contributed by atoms with van der Waals surface area (Å²) < 4.78 is 0. The largest absolute Gasteiger partial charge is 0.480 e. The molecule has 1 rings (SSSR count). The maximum Gasteiger partial charge on any atom is 0.326 e. The van der Waals surface area contributed by atoms with E-state index in [1.165, 1.54) is 11.6 Å². The van der Waals surface area contributed by atoms with Gasteiger partial charge in [0.25, 0.3) is 0 Å². The molecule has 0 saturated carbocycles. The number of hydrogen-bond donors (Lipinski definition) is 2. The van der Waals surface area contributed by atoms with E-state index >= 15 is 0 Å². The van der Waals surface area contributed by atoms with Crippen LogP contribution in [-0.2, 0) is 16.0 Å². The summed E-state index contributed by atoms with van der Waals surface area (Å²) in [6, 6.07) is 7.06. The summed E-state index contributed by atoms with van der Waals surface area (Å²) in [4.78, 5) is 22.8. The number of carbonyl (C=O) groups excluding carboxylic acids is 1. The molecule has 0 aromatic heterocycles. The number of carboxylic acids is 1. The molecule has 1 amide bonds. The van der Waals surface area contributed by atoms with Crippen LogP contribution in [0, 0.1) is 0 Å². The molecule has 0 heterocycles. The van der Waals surface area contributed by atoms with E-state index in [0.29, 0.717) is 12.2 Å². The van der Waals surface area contributed by atoms with Gasteiger partial charge in [-0.15, -0.1) is 0 Å². The Labute approximate surface area is 129 Å². The summed E-state index contributed by atoms with van der Waals surface area (Å²) in [6.07, 6.45) is 6.35. The highest BCUT2D eigenvalue weighted by atomic mass is 32.2. The van der Waals surface area contributed by atoms with Crippen molar-refractivity contribution in [2.75, 3.05) is 12.0 Å². The van der Waals surface area contributed by atoms with E-state index in [-0.39, 0.29) is 5.91 Å². The maximum absolute atomic E-state index is 11.7. The van der Waals surface area contributed by atoms with Gasteiger partial charge in [-0.1, -0.05) is 31.2 Å². The number of benzene rings is 1. The van der Waals surface area contributed by atoms with Crippen LogP contribution < -0.4 is 5.32 Å². The summed E-state index contributed by atoms with van der Waals surface area (Å²) in [5, 5.41) is 11.5. The molecule has 0 aliphatic heterocycles. The van der Waals surface area contributed by atoms with E-state index in [1.54, 1.807) is 17.8 Å². The number of amides is 1. The normalized spacial score (nSPS) is 12.3. The molecule has 0 bridgehead atoms. The van der Waals surface area contributed by atoms with Crippen molar-refractivity contribution in [2.24, 2.45) is 0 Å². The van der Waals surface area contributed by atoms with Gasteiger partial charge in [-0.3, -0.25) is 4.79 Å². The van der Waals surface area contributed by atoms with Crippen LogP contribution in [0.4, 0.5) is 0 Å². The van der Waals surface area contributed by atoms with Crippen molar-refractivity contribution < 1.29 is 14.7 Å². The van der Waals surface area contributed by atoms with E-state index in [1.807, 2.05) is 30.5 Å². The lowest BCUT2D eigenvalue weighted by molar-refractivity contribution is -0.141. The molecule has 2 N–H and O–H groups in total. The number of aliphatic carboxylic acids is 1. The predicted molar refractivity (Wildman–Crippen MR) is 87.4 cm³/mol. The van der Waals surface area contributed by atoms with E-state index in [4.69, 9.17) is 5.11 Å². The molecule has 0 radical (unpaired) electrons. The third kappa shape index (κ3) is 6.49. The van der Waals surface area contributed by atoms with Crippen molar-refractivity contribution in [3.05, 3.63) is 41.5 Å². The monoisotopic (exact) mass is 307 g/mol. The fourth-order valence-electron chi connectivity index (χ4n) is 1.75. The Kier molecular flexibility index (Phi) is 7.61. The van der Waals surface area contributed by atoms with Gasteiger partial charge in [0.1, 0.15) is 6.04 Å². The van der Waals surface area contributed by atoms with Crippen molar-refractivity contribution in [1.29, 1.82) is 0 Å². The number of aryl methyl sites for hydroxylation is 1. The standard InChI is InChI=1S/C16H21NO3S/c1-3-12-4-6-13(7-5-12)8-9-15(18)17-14(16(19)20)10-11-21-2/h4-9,14H,3,10-11H2,1-2H3,(H,17,18)(H,19,20)/b9-8+/t14-/m1/s1. The minimum atomic E-state index is -1.00. The Hall–Kier alpha value is -1.75. The lowest BCUT2D eigenvalue weighted by Gasteiger charge is -2.12. The lowest BCUT2D eigenvalue weighted by atomic mass is 10.1. The van der Waals surface area contributed by atoms with Crippen LogP contribution >= 0.6 is 11.8 Å². The smallest absolute Gasteiger partial charge is 0.326 e. The number of nitrogens with one attached hydrogen (secondary N) is 1. The van der Waals surface area contributed by atoms with Crippen molar-refractivity contribution in [2.45, 2.75) is 25.8 Å². The minimum Gasteiger partial charge on any atom is -0.480 e. The number of thioether (sulfide) groups is 1. The Morgan fingerprint density at radius 2 is 2.00 bits per heavy atom. The Balaban J connectivity index is 2.57. The predicted octanol–water partition coefficient (Wildman–Crippen LogP) is 2.58. The highest BCUT2D eigenvalue weighted by molar-refractivity contribution is 7.98. The minimum absolute atomic E-state index is 0.386. The van der Waals surface area contributed by atoms with Crippen LogP contribution in [0.3, 0.4) is 0 Å². The van der Waals surface area contributed by atoms with E-state index < -0.39 is 12.0 Å². The molecule has 0 aliphatic carbocycles. The van der Waals surface area contributed by atoms with Crippen molar-refractivity contribution in [1.82, 2.24) is 5.32 Å². The summed E-state index contributed by atoms with van der Waals surface area (Å²) in [6.45, 7) is 2.08. The quantitative estimate of drug-likeness (QED) is 0.725. The molecule has 4 nitrogen and oxygen atoms in total. The average molecular weight is 307 g/mol. The highest BCUT2D eigenvalue weighted by Crippen LogP contribution is 2.07. The third-order valence-electron chi connectivity index (χ3n) is 3.04. The molecular formula is C16H21NO3S. The van der Waals surface area contributed by atoms with Gasteiger partial charge in [0, 0.05) is 6.08 Å². The van der Waals surface area contributed by atoms with Gasteiger partial charge in [0.05, 0.1) is 0 Å². The van der Waals surface area contributed by atoms with Gasteiger partial charge < -0.3 is 10.4 Å². The molecule has 0 aliphatic rings. The Morgan fingerprint density at radius 1 is 1.33 bits per heavy atom. The first-order chi connectivity index (χ1) is 10.1. The molecule has 0 fully saturated rings. The first-order valence-electron chi connectivity index (χ1n) is 6.86. The fourth-order valence-corrected chi connectivity index (χ4v) is 2.22. The van der Waals surface area contributed by atoms with Crippen molar-refractivity contribution >= 4 is 29.7 Å². The molecule has 0 unspecified atom stereocenters. The van der Waals surface area contributed by atoms with Gasteiger partial charge in [0.15, 0.2) is 0 Å². The van der Waals surface area contributed by atoms with Crippen LogP contribution in [-0.4, -0.2) is 35.0 Å². The second-order valence-electron chi connectivity index (χ2n) is 4.61. The van der Waals surface area contributed by atoms with Gasteiger partial charge in [0.2, 0.25) is 5.91 Å². The second kappa shape index (κ2) is 9.23. The van der Waals surface area contributed by atoms with E-state index in [2.05, 4.69) is 12.2 Å². The Bertz CT molecular complexity index is 497. The average Bonchev–Trinajstić information content (AvgIpc) is 2.49.